The van der Waals surface area contributed by atoms with Gasteiger partial charge in [-0.1, -0.05) is 13.3 Å². The van der Waals surface area contributed by atoms with E-state index in [0.717, 1.165) is 6.42 Å². The number of carboxylic acid groups (broad SMARTS) is 1. The third-order valence-electron chi connectivity index (χ3n) is 2.74. The molecule has 1 rings (SSSR count). The number of halogens is 3. The van der Waals surface area contributed by atoms with Gasteiger partial charge in [-0.2, -0.15) is 13.2 Å². The first-order chi connectivity index (χ1) is 9.23. The van der Waals surface area contributed by atoms with Crippen LogP contribution in [0.4, 0.5) is 19.0 Å². The van der Waals surface area contributed by atoms with Crippen molar-refractivity contribution in [2.24, 2.45) is 0 Å². The van der Waals surface area contributed by atoms with Gasteiger partial charge in [-0.25, -0.2) is 9.78 Å². The SMILES string of the molecule is CCCc1cc(C(=O)O)cc(N(C)CCC(F)(F)F)n1. The number of pyridine rings is 1. The molecular formula is C13H17F3N2O2. The third kappa shape index (κ3) is 5.07. The Morgan fingerprint density at radius 2 is 2.05 bits per heavy atom. The number of alkyl halides is 3. The van der Waals surface area contributed by atoms with E-state index in [1.807, 2.05) is 6.92 Å². The summed E-state index contributed by atoms with van der Waals surface area (Å²) < 4.78 is 36.6. The minimum absolute atomic E-state index is 0.0392. The van der Waals surface area contributed by atoms with E-state index >= 15 is 0 Å². The Bertz CT molecular complexity index is 475. The number of carboxylic acids is 1. The van der Waals surface area contributed by atoms with E-state index in [4.69, 9.17) is 5.11 Å². The summed E-state index contributed by atoms with van der Waals surface area (Å²) in [4.78, 5) is 16.5. The number of anilines is 1. The number of hydrogen-bond acceptors (Lipinski definition) is 3. The maximum absolute atomic E-state index is 12.2. The van der Waals surface area contributed by atoms with Crippen LogP contribution >= 0.6 is 0 Å². The van der Waals surface area contributed by atoms with Crippen LogP contribution < -0.4 is 4.90 Å². The van der Waals surface area contributed by atoms with Crippen molar-refractivity contribution >= 4 is 11.8 Å². The van der Waals surface area contributed by atoms with Crippen LogP contribution in [0.25, 0.3) is 0 Å². The fourth-order valence-electron chi connectivity index (χ4n) is 1.68. The van der Waals surface area contributed by atoms with E-state index < -0.39 is 18.6 Å². The molecule has 1 aromatic heterocycles. The van der Waals surface area contributed by atoms with E-state index in [0.29, 0.717) is 12.1 Å². The normalized spacial score (nSPS) is 11.4. The van der Waals surface area contributed by atoms with Crippen LogP contribution in [-0.4, -0.2) is 35.8 Å². The van der Waals surface area contributed by atoms with Crippen LogP contribution in [0.15, 0.2) is 12.1 Å². The lowest BCUT2D eigenvalue weighted by Gasteiger charge is -2.20. The van der Waals surface area contributed by atoms with Gasteiger partial charge in [-0.15, -0.1) is 0 Å². The fraction of sp³-hybridized carbons (Fsp3) is 0.538. The number of hydrogen-bond donors (Lipinski definition) is 1. The molecule has 0 bridgehead atoms. The van der Waals surface area contributed by atoms with Crippen molar-refractivity contribution in [3.05, 3.63) is 23.4 Å². The van der Waals surface area contributed by atoms with E-state index in [9.17, 15) is 18.0 Å². The molecule has 0 unspecified atom stereocenters. The first-order valence-electron chi connectivity index (χ1n) is 6.25. The number of carbonyl (C=O) groups is 1. The summed E-state index contributed by atoms with van der Waals surface area (Å²) in [6.45, 7) is 1.66. The van der Waals surface area contributed by atoms with Crippen molar-refractivity contribution in [2.75, 3.05) is 18.5 Å². The first kappa shape index (κ1) is 16.3. The van der Waals surface area contributed by atoms with Crippen molar-refractivity contribution in [1.82, 2.24) is 4.98 Å². The first-order valence-corrected chi connectivity index (χ1v) is 6.25. The van der Waals surface area contributed by atoms with Crippen LogP contribution in [0.1, 0.15) is 35.8 Å². The molecule has 0 spiro atoms. The number of aromatic nitrogens is 1. The van der Waals surface area contributed by atoms with Crippen LogP contribution in [0.2, 0.25) is 0 Å². The maximum Gasteiger partial charge on any atom is 0.390 e. The molecule has 0 saturated carbocycles. The van der Waals surface area contributed by atoms with Gasteiger partial charge in [0.05, 0.1) is 12.0 Å². The van der Waals surface area contributed by atoms with Gasteiger partial charge >= 0.3 is 12.1 Å². The number of rotatable bonds is 6. The lowest BCUT2D eigenvalue weighted by atomic mass is 10.1. The quantitative estimate of drug-likeness (QED) is 0.874. The Hall–Kier alpha value is -1.79. The third-order valence-corrected chi connectivity index (χ3v) is 2.74. The lowest BCUT2D eigenvalue weighted by molar-refractivity contribution is -0.132. The zero-order chi connectivity index (χ0) is 15.3. The van der Waals surface area contributed by atoms with Crippen LogP contribution in [0.5, 0.6) is 0 Å². The highest BCUT2D eigenvalue weighted by molar-refractivity contribution is 5.88. The van der Waals surface area contributed by atoms with E-state index in [1.54, 1.807) is 0 Å². The summed E-state index contributed by atoms with van der Waals surface area (Å²) in [7, 11) is 1.47. The summed E-state index contributed by atoms with van der Waals surface area (Å²) in [5.41, 5.74) is 0.610. The highest BCUT2D eigenvalue weighted by Gasteiger charge is 2.27. The highest BCUT2D eigenvalue weighted by Crippen LogP contribution is 2.22. The summed E-state index contributed by atoms with van der Waals surface area (Å²) in [6.07, 6.45) is -3.85. The molecular weight excluding hydrogens is 273 g/mol. The molecule has 0 fully saturated rings. The Kier molecular flexibility index (Phi) is 5.35. The Balaban J connectivity index is 2.94. The lowest BCUT2D eigenvalue weighted by Crippen LogP contribution is -2.25. The van der Waals surface area contributed by atoms with Gasteiger partial charge in [0.15, 0.2) is 0 Å². The number of nitrogens with zero attached hydrogens (tertiary/aromatic N) is 2. The Morgan fingerprint density at radius 1 is 1.40 bits per heavy atom. The van der Waals surface area contributed by atoms with Crippen molar-refractivity contribution in [1.29, 1.82) is 0 Å². The van der Waals surface area contributed by atoms with E-state index in [1.165, 1.54) is 24.1 Å². The van der Waals surface area contributed by atoms with Gasteiger partial charge in [0.1, 0.15) is 5.82 Å². The molecule has 112 valence electrons. The molecule has 0 aliphatic heterocycles. The average Bonchev–Trinajstić information content (AvgIpc) is 2.35. The minimum Gasteiger partial charge on any atom is -0.478 e. The molecule has 0 aromatic carbocycles. The molecule has 0 atom stereocenters. The van der Waals surface area contributed by atoms with Gasteiger partial charge in [-0.3, -0.25) is 0 Å². The molecule has 1 aromatic rings. The second kappa shape index (κ2) is 6.58. The molecule has 1 heterocycles. The van der Waals surface area contributed by atoms with Gasteiger partial charge < -0.3 is 10.0 Å². The standard InChI is InChI=1S/C13H17F3N2O2/c1-3-4-10-7-9(12(19)20)8-11(17-10)18(2)6-5-13(14,15)16/h7-8H,3-6H2,1-2H3,(H,19,20). The molecule has 4 nitrogen and oxygen atoms in total. The van der Waals surface area contributed by atoms with E-state index in [-0.39, 0.29) is 17.9 Å². The number of aryl methyl sites for hydroxylation is 1. The van der Waals surface area contributed by atoms with Gasteiger partial charge in [0, 0.05) is 19.3 Å². The van der Waals surface area contributed by atoms with Crippen molar-refractivity contribution in [2.45, 2.75) is 32.4 Å². The average molecular weight is 290 g/mol. The summed E-state index contributed by atoms with van der Waals surface area (Å²) in [5.74, 6) is -0.868. The van der Waals surface area contributed by atoms with Crippen LogP contribution in [-0.2, 0) is 6.42 Å². The predicted octanol–water partition coefficient (Wildman–Crippen LogP) is 3.12. The summed E-state index contributed by atoms with van der Waals surface area (Å²) in [6, 6.07) is 2.74. The zero-order valence-corrected chi connectivity index (χ0v) is 11.4. The van der Waals surface area contributed by atoms with Crippen molar-refractivity contribution in [3.8, 4) is 0 Å². The molecule has 1 N–H and O–H groups in total. The Morgan fingerprint density at radius 3 is 2.55 bits per heavy atom. The topological polar surface area (TPSA) is 53.4 Å². The summed E-state index contributed by atoms with van der Waals surface area (Å²) >= 11 is 0. The van der Waals surface area contributed by atoms with Gasteiger partial charge in [0.25, 0.3) is 0 Å². The molecule has 0 saturated heterocycles. The van der Waals surface area contributed by atoms with Crippen LogP contribution in [0, 0.1) is 0 Å². The zero-order valence-electron chi connectivity index (χ0n) is 11.4. The van der Waals surface area contributed by atoms with Crippen LogP contribution in [0.3, 0.4) is 0 Å². The van der Waals surface area contributed by atoms with Crippen molar-refractivity contribution in [3.63, 3.8) is 0 Å². The van der Waals surface area contributed by atoms with Gasteiger partial charge in [0.2, 0.25) is 0 Å². The molecule has 7 heteroatoms. The van der Waals surface area contributed by atoms with Gasteiger partial charge in [-0.05, 0) is 18.6 Å². The second-order valence-corrected chi connectivity index (χ2v) is 4.55. The fourth-order valence-corrected chi connectivity index (χ4v) is 1.68. The van der Waals surface area contributed by atoms with Crippen molar-refractivity contribution < 1.29 is 23.1 Å². The summed E-state index contributed by atoms with van der Waals surface area (Å²) in [5, 5.41) is 9.02. The molecule has 0 amide bonds. The number of aromatic carboxylic acids is 1. The molecule has 0 aliphatic rings. The second-order valence-electron chi connectivity index (χ2n) is 4.55. The highest BCUT2D eigenvalue weighted by atomic mass is 19.4. The maximum atomic E-state index is 12.2. The predicted molar refractivity (Wildman–Crippen MR) is 69.1 cm³/mol. The molecule has 0 aliphatic carbocycles. The Labute approximate surface area is 115 Å². The molecule has 20 heavy (non-hydrogen) atoms. The largest absolute Gasteiger partial charge is 0.478 e. The monoisotopic (exact) mass is 290 g/mol. The smallest absolute Gasteiger partial charge is 0.390 e. The van der Waals surface area contributed by atoms with E-state index in [2.05, 4.69) is 4.98 Å². The molecule has 0 radical (unpaired) electrons. The minimum atomic E-state index is -4.25.